The molecule has 9 nitrogen and oxygen atoms in total. The lowest BCUT2D eigenvalue weighted by atomic mass is 9.93. The third kappa shape index (κ3) is 2.68. The van der Waals surface area contributed by atoms with Gasteiger partial charge in [-0.3, -0.25) is 14.9 Å². The maximum Gasteiger partial charge on any atom is 0.322 e. The Bertz CT molecular complexity index is 909. The summed E-state index contributed by atoms with van der Waals surface area (Å²) < 4.78 is 13.8. The standard InChI is InChI=1S/C16H15FN6O3/c17-10-3-1-2-4-12(10)23-19-7-11(22-23)13(24)18-8-16(9-5-6-9)14(25)20-15(26)21-16/h1-4,7,9H,5-6,8H2,(H,18,24)(H2,20,21,25,26)/t16-/m0/s1. The van der Waals surface area contributed by atoms with Gasteiger partial charge in [0.2, 0.25) is 0 Å². The molecule has 4 amide bonds. The molecule has 1 aromatic carbocycles. The summed E-state index contributed by atoms with van der Waals surface area (Å²) >= 11 is 0. The summed E-state index contributed by atoms with van der Waals surface area (Å²) in [6.07, 6.45) is 2.80. The number of carbonyl (C=O) groups is 3. The smallest absolute Gasteiger partial charge is 0.322 e. The lowest BCUT2D eigenvalue weighted by molar-refractivity contribution is -0.124. The van der Waals surface area contributed by atoms with Gasteiger partial charge in [-0.15, -0.1) is 9.90 Å². The molecule has 0 bridgehead atoms. The summed E-state index contributed by atoms with van der Waals surface area (Å²) in [5.41, 5.74) is -1.04. The molecule has 1 aliphatic carbocycles. The average molecular weight is 358 g/mol. The zero-order valence-electron chi connectivity index (χ0n) is 13.5. The molecule has 2 aromatic rings. The van der Waals surface area contributed by atoms with Gasteiger partial charge in [0.15, 0.2) is 11.5 Å². The first-order valence-corrected chi connectivity index (χ1v) is 8.09. The molecular formula is C16H15FN6O3. The maximum atomic E-state index is 13.8. The summed E-state index contributed by atoms with van der Waals surface area (Å²) in [7, 11) is 0. The van der Waals surface area contributed by atoms with Crippen LogP contribution in [0, 0.1) is 11.7 Å². The third-order valence-corrected chi connectivity index (χ3v) is 4.56. The molecular weight excluding hydrogens is 343 g/mol. The predicted molar refractivity (Wildman–Crippen MR) is 85.8 cm³/mol. The molecule has 2 aliphatic rings. The summed E-state index contributed by atoms with van der Waals surface area (Å²) in [4.78, 5) is 37.0. The van der Waals surface area contributed by atoms with E-state index in [-0.39, 0.29) is 23.8 Å². The van der Waals surface area contributed by atoms with E-state index >= 15 is 0 Å². The molecule has 0 unspecified atom stereocenters. The number of halogens is 1. The zero-order chi connectivity index (χ0) is 18.3. The van der Waals surface area contributed by atoms with E-state index in [0.717, 1.165) is 17.6 Å². The Balaban J connectivity index is 1.48. The number of para-hydroxylation sites is 1. The molecule has 0 spiro atoms. The van der Waals surface area contributed by atoms with Gasteiger partial charge in [0, 0.05) is 0 Å². The Morgan fingerprint density at radius 1 is 1.35 bits per heavy atom. The van der Waals surface area contributed by atoms with Crippen LogP contribution in [0.2, 0.25) is 0 Å². The van der Waals surface area contributed by atoms with E-state index in [2.05, 4.69) is 26.1 Å². The zero-order valence-corrected chi connectivity index (χ0v) is 13.5. The Kier molecular flexibility index (Phi) is 3.67. The van der Waals surface area contributed by atoms with E-state index in [1.54, 1.807) is 6.07 Å². The number of imide groups is 1. The van der Waals surface area contributed by atoms with Crippen LogP contribution in [-0.4, -0.2) is 44.9 Å². The fraction of sp³-hybridized carbons (Fsp3) is 0.312. The molecule has 1 saturated carbocycles. The van der Waals surface area contributed by atoms with Crippen molar-refractivity contribution in [2.45, 2.75) is 18.4 Å². The summed E-state index contributed by atoms with van der Waals surface area (Å²) in [6.45, 7) is -0.0549. The summed E-state index contributed by atoms with van der Waals surface area (Å²) in [5, 5.41) is 15.3. The molecule has 1 aliphatic heterocycles. The Hall–Kier alpha value is -3.30. The Morgan fingerprint density at radius 3 is 2.77 bits per heavy atom. The maximum absolute atomic E-state index is 13.8. The number of aromatic nitrogens is 3. The second kappa shape index (κ2) is 5.90. The van der Waals surface area contributed by atoms with Crippen LogP contribution in [0.3, 0.4) is 0 Å². The molecule has 1 aromatic heterocycles. The predicted octanol–water partition coefficient (Wildman–Crippen LogP) is 0.124. The van der Waals surface area contributed by atoms with Gasteiger partial charge in [-0.25, -0.2) is 9.18 Å². The Labute approximate surface area is 146 Å². The van der Waals surface area contributed by atoms with Crippen LogP contribution in [0.4, 0.5) is 9.18 Å². The molecule has 134 valence electrons. The van der Waals surface area contributed by atoms with Crippen molar-refractivity contribution in [1.29, 1.82) is 0 Å². The van der Waals surface area contributed by atoms with Crippen molar-refractivity contribution >= 4 is 17.8 Å². The Morgan fingerprint density at radius 2 is 2.12 bits per heavy atom. The number of hydrogen-bond donors (Lipinski definition) is 3. The minimum atomic E-state index is -1.13. The van der Waals surface area contributed by atoms with Crippen LogP contribution in [0.5, 0.6) is 0 Å². The molecule has 10 heteroatoms. The van der Waals surface area contributed by atoms with Crippen molar-refractivity contribution < 1.29 is 18.8 Å². The van der Waals surface area contributed by atoms with Crippen LogP contribution in [-0.2, 0) is 4.79 Å². The number of nitrogens with zero attached hydrogens (tertiary/aromatic N) is 3. The second-order valence-electron chi connectivity index (χ2n) is 6.31. The SMILES string of the molecule is O=C1NC(=O)[C@](CNC(=O)c2cnn(-c3ccccc3F)n2)(C2CC2)N1. The van der Waals surface area contributed by atoms with E-state index in [4.69, 9.17) is 0 Å². The number of rotatable bonds is 5. The van der Waals surface area contributed by atoms with Crippen molar-refractivity contribution in [3.63, 3.8) is 0 Å². The van der Waals surface area contributed by atoms with Crippen LogP contribution in [0.1, 0.15) is 23.3 Å². The molecule has 1 saturated heterocycles. The average Bonchev–Trinajstić information content (AvgIpc) is 3.28. The van der Waals surface area contributed by atoms with Crippen molar-refractivity contribution in [1.82, 2.24) is 30.9 Å². The summed E-state index contributed by atoms with van der Waals surface area (Å²) in [6, 6.07) is 5.34. The summed E-state index contributed by atoms with van der Waals surface area (Å²) in [5.74, 6) is -1.54. The molecule has 2 fully saturated rings. The van der Waals surface area contributed by atoms with Gasteiger partial charge < -0.3 is 10.6 Å². The number of hydrogen-bond acceptors (Lipinski definition) is 5. The minimum Gasteiger partial charge on any atom is -0.348 e. The highest BCUT2D eigenvalue weighted by atomic mass is 19.1. The lowest BCUT2D eigenvalue weighted by Gasteiger charge is -2.25. The molecule has 4 rings (SSSR count). The van der Waals surface area contributed by atoms with Gasteiger partial charge in [0.1, 0.15) is 11.2 Å². The molecule has 3 N–H and O–H groups in total. The first kappa shape index (κ1) is 16.2. The van der Waals surface area contributed by atoms with E-state index in [1.807, 2.05) is 0 Å². The highest BCUT2D eigenvalue weighted by Crippen LogP contribution is 2.41. The van der Waals surface area contributed by atoms with Gasteiger partial charge >= 0.3 is 6.03 Å². The number of urea groups is 1. The van der Waals surface area contributed by atoms with Gasteiger partial charge in [0.25, 0.3) is 11.8 Å². The normalized spacial score (nSPS) is 22.0. The van der Waals surface area contributed by atoms with Crippen LogP contribution < -0.4 is 16.0 Å². The molecule has 1 atom stereocenters. The highest BCUT2D eigenvalue weighted by Gasteiger charge is 2.56. The highest BCUT2D eigenvalue weighted by molar-refractivity contribution is 6.08. The topological polar surface area (TPSA) is 118 Å². The largest absolute Gasteiger partial charge is 0.348 e. The fourth-order valence-electron chi connectivity index (χ4n) is 3.05. The molecule has 26 heavy (non-hydrogen) atoms. The molecule has 2 heterocycles. The van der Waals surface area contributed by atoms with Crippen LogP contribution in [0.25, 0.3) is 5.69 Å². The fourth-order valence-corrected chi connectivity index (χ4v) is 3.05. The number of carbonyl (C=O) groups excluding carboxylic acids is 3. The quantitative estimate of drug-likeness (QED) is 0.657. The van der Waals surface area contributed by atoms with Gasteiger partial charge in [0.05, 0.1) is 12.7 Å². The first-order valence-electron chi connectivity index (χ1n) is 8.09. The third-order valence-electron chi connectivity index (χ3n) is 4.56. The van der Waals surface area contributed by atoms with Crippen molar-refractivity contribution in [3.05, 3.63) is 42.0 Å². The number of benzene rings is 1. The lowest BCUT2D eigenvalue weighted by Crippen LogP contribution is -2.57. The van der Waals surface area contributed by atoms with Crippen molar-refractivity contribution in [3.8, 4) is 5.69 Å². The monoisotopic (exact) mass is 358 g/mol. The molecule has 0 radical (unpaired) electrons. The van der Waals surface area contributed by atoms with Gasteiger partial charge in [-0.05, 0) is 30.9 Å². The van der Waals surface area contributed by atoms with E-state index in [1.165, 1.54) is 24.4 Å². The van der Waals surface area contributed by atoms with Gasteiger partial charge in [-0.2, -0.15) is 5.10 Å². The minimum absolute atomic E-state index is 0.0108. The number of nitrogens with one attached hydrogen (secondary N) is 3. The van der Waals surface area contributed by atoms with Crippen LogP contribution in [0.15, 0.2) is 30.5 Å². The van der Waals surface area contributed by atoms with E-state index in [0.29, 0.717) is 0 Å². The van der Waals surface area contributed by atoms with Crippen molar-refractivity contribution in [2.75, 3.05) is 6.54 Å². The second-order valence-corrected chi connectivity index (χ2v) is 6.31. The van der Waals surface area contributed by atoms with Gasteiger partial charge in [-0.1, -0.05) is 12.1 Å². The van der Waals surface area contributed by atoms with E-state index in [9.17, 15) is 18.8 Å². The van der Waals surface area contributed by atoms with E-state index < -0.39 is 29.2 Å². The first-order chi connectivity index (χ1) is 12.5. The van der Waals surface area contributed by atoms with Crippen molar-refractivity contribution in [2.24, 2.45) is 5.92 Å². The van der Waals surface area contributed by atoms with Crippen LogP contribution >= 0.6 is 0 Å². The number of amides is 4.